The van der Waals surface area contributed by atoms with Crippen LogP contribution in [0.4, 0.5) is 10.2 Å². The first-order valence-corrected chi connectivity index (χ1v) is 10.8. The minimum atomic E-state index is -0.764. The SMILES string of the molecule is O=C(C(=O)N1CCN(C(=S)c2ccccc2)CC1)c1c[nH]c2c(N3C=CNN3)ncc(F)c12. The van der Waals surface area contributed by atoms with Crippen molar-refractivity contribution in [1.82, 2.24) is 30.7 Å². The van der Waals surface area contributed by atoms with Gasteiger partial charge in [0, 0.05) is 50.3 Å². The number of carbonyl (C=O) groups is 2. The van der Waals surface area contributed by atoms with Crippen LogP contribution in [-0.2, 0) is 4.79 Å². The largest absolute Gasteiger partial charge is 0.359 e. The minimum absolute atomic E-state index is 0.0190. The number of Topliss-reactive ketones (excluding diaryl/α,β-unsaturated/α-hetero) is 1. The van der Waals surface area contributed by atoms with E-state index in [-0.39, 0.29) is 10.9 Å². The van der Waals surface area contributed by atoms with Gasteiger partial charge in [-0.1, -0.05) is 42.5 Å². The van der Waals surface area contributed by atoms with E-state index < -0.39 is 17.5 Å². The summed E-state index contributed by atoms with van der Waals surface area (Å²) in [5.74, 6) is -1.75. The Morgan fingerprint density at radius 3 is 2.48 bits per heavy atom. The van der Waals surface area contributed by atoms with Crippen LogP contribution in [0.1, 0.15) is 15.9 Å². The number of piperazine rings is 1. The predicted molar refractivity (Wildman–Crippen MR) is 125 cm³/mol. The lowest BCUT2D eigenvalue weighted by Crippen LogP contribution is -2.52. The third kappa shape index (κ3) is 3.81. The number of nitrogens with zero attached hydrogens (tertiary/aromatic N) is 4. The number of aromatic amines is 1. The highest BCUT2D eigenvalue weighted by molar-refractivity contribution is 7.80. The van der Waals surface area contributed by atoms with E-state index in [1.807, 2.05) is 35.2 Å². The van der Waals surface area contributed by atoms with Crippen LogP contribution in [0.2, 0.25) is 0 Å². The quantitative estimate of drug-likeness (QED) is 0.305. The van der Waals surface area contributed by atoms with Crippen molar-refractivity contribution in [3.8, 4) is 0 Å². The maximum atomic E-state index is 14.7. The molecule has 0 atom stereocenters. The first kappa shape index (κ1) is 21.0. The highest BCUT2D eigenvalue weighted by Crippen LogP contribution is 2.29. The minimum Gasteiger partial charge on any atom is -0.359 e. The van der Waals surface area contributed by atoms with E-state index in [9.17, 15) is 14.0 Å². The van der Waals surface area contributed by atoms with Gasteiger partial charge < -0.3 is 20.2 Å². The number of fused-ring (bicyclic) bond motifs is 1. The summed E-state index contributed by atoms with van der Waals surface area (Å²) in [7, 11) is 0. The second-order valence-corrected chi connectivity index (χ2v) is 7.99. The summed E-state index contributed by atoms with van der Waals surface area (Å²) in [6, 6.07) is 9.67. The number of hydrogen-bond acceptors (Lipinski definition) is 7. The molecule has 5 rings (SSSR count). The number of carbonyl (C=O) groups excluding carboxylic acids is 2. The van der Waals surface area contributed by atoms with E-state index in [0.29, 0.717) is 42.5 Å². The van der Waals surface area contributed by atoms with Crippen molar-refractivity contribution in [2.24, 2.45) is 0 Å². The third-order valence-electron chi connectivity index (χ3n) is 5.68. The lowest BCUT2D eigenvalue weighted by molar-refractivity contribution is -0.127. The normalized spacial score (nSPS) is 15.7. The Bertz CT molecular complexity index is 1270. The van der Waals surface area contributed by atoms with Crippen LogP contribution >= 0.6 is 12.2 Å². The molecule has 0 saturated carbocycles. The summed E-state index contributed by atoms with van der Waals surface area (Å²) in [4.78, 5) is 37.2. The van der Waals surface area contributed by atoms with Crippen LogP contribution in [0.15, 0.2) is 55.1 Å². The van der Waals surface area contributed by atoms with Crippen molar-refractivity contribution >= 4 is 45.6 Å². The van der Waals surface area contributed by atoms with E-state index in [2.05, 4.69) is 20.9 Å². The van der Waals surface area contributed by atoms with Gasteiger partial charge in [0.15, 0.2) is 11.6 Å². The molecule has 0 spiro atoms. The smallest absolute Gasteiger partial charge is 0.295 e. The molecule has 0 radical (unpaired) electrons. The fraction of sp³-hybridized carbons (Fsp3) is 0.182. The summed E-state index contributed by atoms with van der Waals surface area (Å²) in [5, 5.41) is 1.56. The maximum Gasteiger partial charge on any atom is 0.295 e. The average molecular weight is 466 g/mol. The number of rotatable bonds is 4. The molecular weight excluding hydrogens is 445 g/mol. The average Bonchev–Trinajstić information content (AvgIpc) is 3.55. The number of thiocarbonyl (C=S) groups is 1. The number of nitrogens with one attached hydrogen (secondary N) is 3. The number of amides is 1. The topological polar surface area (TPSA) is 96.6 Å². The number of hydrazine groups is 2. The highest BCUT2D eigenvalue weighted by atomic mass is 32.1. The van der Waals surface area contributed by atoms with Crippen molar-refractivity contribution in [2.45, 2.75) is 0 Å². The number of H-pyrrole nitrogens is 1. The summed E-state index contributed by atoms with van der Waals surface area (Å²) in [5.41, 5.74) is 6.82. The van der Waals surface area contributed by atoms with E-state index in [4.69, 9.17) is 12.2 Å². The first-order valence-electron chi connectivity index (χ1n) is 10.3. The van der Waals surface area contributed by atoms with Gasteiger partial charge in [0.2, 0.25) is 0 Å². The Morgan fingerprint density at radius 1 is 1.06 bits per heavy atom. The molecule has 3 aromatic rings. The van der Waals surface area contributed by atoms with Gasteiger partial charge in [-0.05, 0) is 0 Å². The van der Waals surface area contributed by atoms with Crippen LogP contribution in [0.25, 0.3) is 10.9 Å². The van der Waals surface area contributed by atoms with Gasteiger partial charge in [0.1, 0.15) is 4.99 Å². The molecular formula is C22H20FN7O2S. The molecule has 4 heterocycles. The number of benzene rings is 1. The number of halogens is 1. The molecule has 33 heavy (non-hydrogen) atoms. The van der Waals surface area contributed by atoms with Crippen LogP contribution in [0, 0.1) is 5.82 Å². The van der Waals surface area contributed by atoms with Crippen molar-refractivity contribution in [3.63, 3.8) is 0 Å². The second-order valence-electron chi connectivity index (χ2n) is 7.60. The van der Waals surface area contributed by atoms with Gasteiger partial charge in [-0.25, -0.2) is 14.4 Å². The Labute approximate surface area is 193 Å². The Kier molecular flexibility index (Phi) is 5.48. The molecule has 11 heteroatoms. The number of anilines is 1. The van der Waals surface area contributed by atoms with E-state index in [1.54, 1.807) is 12.4 Å². The van der Waals surface area contributed by atoms with Gasteiger partial charge in [0.05, 0.1) is 22.7 Å². The molecule has 1 aromatic carbocycles. The van der Waals surface area contributed by atoms with Gasteiger partial charge in [-0.15, -0.1) is 5.53 Å². The zero-order valence-electron chi connectivity index (χ0n) is 17.4. The van der Waals surface area contributed by atoms with Crippen LogP contribution in [0.5, 0.6) is 0 Å². The lowest BCUT2D eigenvalue weighted by Gasteiger charge is -2.36. The van der Waals surface area contributed by atoms with Crippen LogP contribution < -0.4 is 16.0 Å². The van der Waals surface area contributed by atoms with Crippen LogP contribution in [0.3, 0.4) is 0 Å². The number of aromatic nitrogens is 2. The lowest BCUT2D eigenvalue weighted by atomic mass is 10.1. The van der Waals surface area contributed by atoms with Crippen molar-refractivity contribution in [1.29, 1.82) is 0 Å². The summed E-state index contributed by atoms with van der Waals surface area (Å²) in [6.07, 6.45) is 5.68. The Balaban J connectivity index is 1.32. The molecule has 0 bridgehead atoms. The molecule has 2 aromatic heterocycles. The van der Waals surface area contributed by atoms with E-state index >= 15 is 0 Å². The molecule has 3 N–H and O–H groups in total. The monoisotopic (exact) mass is 465 g/mol. The van der Waals surface area contributed by atoms with Gasteiger partial charge in [-0.3, -0.25) is 9.59 Å². The molecule has 168 valence electrons. The molecule has 1 fully saturated rings. The molecule has 9 nitrogen and oxygen atoms in total. The molecule has 2 aliphatic rings. The molecule has 0 unspecified atom stereocenters. The fourth-order valence-electron chi connectivity index (χ4n) is 3.97. The standard InChI is InChI=1S/C22H20FN7O2S/c23-16-13-25-20(30-7-6-26-27-30)18-17(16)15(12-24-18)19(31)21(32)28-8-10-29(11-9-28)22(33)14-4-2-1-3-5-14/h1-7,12-13,24,26-27H,8-11H2. The Morgan fingerprint density at radius 2 is 1.79 bits per heavy atom. The van der Waals surface area contributed by atoms with Gasteiger partial charge in [-0.2, -0.15) is 0 Å². The zero-order chi connectivity index (χ0) is 22.9. The number of pyridine rings is 1. The van der Waals surface area contributed by atoms with E-state index in [0.717, 1.165) is 11.8 Å². The van der Waals surface area contributed by atoms with Gasteiger partial charge in [0.25, 0.3) is 11.7 Å². The zero-order valence-corrected chi connectivity index (χ0v) is 18.2. The first-order chi connectivity index (χ1) is 16.0. The summed E-state index contributed by atoms with van der Waals surface area (Å²) < 4.78 is 14.7. The highest BCUT2D eigenvalue weighted by Gasteiger charge is 2.31. The molecule has 1 amide bonds. The molecule has 0 aliphatic carbocycles. The summed E-state index contributed by atoms with van der Waals surface area (Å²) >= 11 is 5.57. The Hall–Kier alpha value is -3.83. The van der Waals surface area contributed by atoms with Gasteiger partial charge >= 0.3 is 0 Å². The fourth-order valence-corrected chi connectivity index (χ4v) is 4.29. The van der Waals surface area contributed by atoms with Crippen LogP contribution in [-0.4, -0.2) is 62.6 Å². The predicted octanol–water partition coefficient (Wildman–Crippen LogP) is 1.71. The summed E-state index contributed by atoms with van der Waals surface area (Å²) in [6.45, 7) is 1.73. The van der Waals surface area contributed by atoms with Crippen molar-refractivity contribution in [3.05, 3.63) is 72.1 Å². The molecule has 2 aliphatic heterocycles. The molecule has 1 saturated heterocycles. The van der Waals surface area contributed by atoms with Crippen molar-refractivity contribution in [2.75, 3.05) is 31.2 Å². The third-order valence-corrected chi connectivity index (χ3v) is 6.17. The second kappa shape index (κ2) is 8.60. The van der Waals surface area contributed by atoms with Crippen molar-refractivity contribution < 1.29 is 14.0 Å². The number of hydrogen-bond donors (Lipinski definition) is 3. The van der Waals surface area contributed by atoms with E-state index in [1.165, 1.54) is 16.1 Å². The number of ketones is 1. The maximum absolute atomic E-state index is 14.7.